The normalized spacial score (nSPS) is 35.9. The molecule has 4 aliphatic rings. The molecule has 3 fully saturated rings. The molecule has 0 amide bonds. The zero-order valence-corrected chi connectivity index (χ0v) is 26.5. The first-order valence-electron chi connectivity index (χ1n) is 17.2. The number of allylic oxidation sites excluding steroid dienone is 1. The van der Waals surface area contributed by atoms with E-state index in [4.69, 9.17) is 9.84 Å². The van der Waals surface area contributed by atoms with E-state index in [1.165, 1.54) is 57.8 Å². The van der Waals surface area contributed by atoms with Gasteiger partial charge >= 0.3 is 11.9 Å². The fraction of sp³-hybridized carbons (Fsp3) is 0.889. The Kier molecular flexibility index (Phi) is 10.9. The Balaban J connectivity index is 1.27. The van der Waals surface area contributed by atoms with Gasteiger partial charge in [-0.2, -0.15) is 0 Å². The number of carboxylic acid groups (broad SMARTS) is 1. The summed E-state index contributed by atoms with van der Waals surface area (Å²) < 4.78 is 6.00. The number of carbonyl (C=O) groups excluding carboxylic acids is 1. The van der Waals surface area contributed by atoms with Gasteiger partial charge in [-0.15, -0.1) is 0 Å². The molecule has 4 nitrogen and oxygen atoms in total. The summed E-state index contributed by atoms with van der Waals surface area (Å²) in [7, 11) is 0. The second-order valence-electron chi connectivity index (χ2n) is 15.3. The second kappa shape index (κ2) is 13.8. The highest BCUT2D eigenvalue weighted by Gasteiger charge is 2.59. The Morgan fingerprint density at radius 3 is 2.35 bits per heavy atom. The lowest BCUT2D eigenvalue weighted by molar-refractivity contribution is -0.151. The van der Waals surface area contributed by atoms with E-state index in [0.717, 1.165) is 80.5 Å². The van der Waals surface area contributed by atoms with Crippen LogP contribution in [0.3, 0.4) is 0 Å². The number of ether oxygens (including phenoxy) is 1. The standard InChI is InChI=1S/C36H60O4/c1-25(2)12-11-13-26(3)30-18-19-31-29-17-16-27-24-28(20-22-35(27,4)32(29)21-23-36(30,31)5)40-34(39)15-10-8-6-7-9-14-33(37)38/h16,25-26,28-32H,6-15,17-24H2,1-5H3,(H,37,38). The first kappa shape index (κ1) is 31.6. The minimum atomic E-state index is -0.720. The quantitative estimate of drug-likeness (QED) is 0.131. The molecular formula is C36H60O4. The molecule has 0 spiro atoms. The topological polar surface area (TPSA) is 63.6 Å². The molecule has 0 aromatic heterocycles. The number of fused-ring (bicyclic) bond motifs is 5. The van der Waals surface area contributed by atoms with Crippen molar-refractivity contribution in [1.29, 1.82) is 0 Å². The van der Waals surface area contributed by atoms with E-state index < -0.39 is 5.97 Å². The van der Waals surface area contributed by atoms with Gasteiger partial charge in [-0.1, -0.05) is 84.8 Å². The third kappa shape index (κ3) is 7.17. The SMILES string of the molecule is CC(C)CCCC(C)C1CCC2C3CC=C4CC(OC(=O)CCCCCCCC(=O)O)CCC4(C)C3CCC12C. The predicted octanol–water partition coefficient (Wildman–Crippen LogP) is 9.75. The van der Waals surface area contributed by atoms with Crippen LogP contribution in [0.15, 0.2) is 11.6 Å². The van der Waals surface area contributed by atoms with E-state index >= 15 is 0 Å². The van der Waals surface area contributed by atoms with E-state index in [0.29, 0.717) is 17.3 Å². The van der Waals surface area contributed by atoms with E-state index in [-0.39, 0.29) is 18.5 Å². The average Bonchev–Trinajstić information content (AvgIpc) is 3.25. The molecule has 0 saturated heterocycles. The van der Waals surface area contributed by atoms with Crippen LogP contribution < -0.4 is 0 Å². The molecule has 40 heavy (non-hydrogen) atoms. The first-order valence-corrected chi connectivity index (χ1v) is 17.2. The summed E-state index contributed by atoms with van der Waals surface area (Å²) in [6, 6.07) is 0. The van der Waals surface area contributed by atoms with Gasteiger partial charge in [-0.3, -0.25) is 9.59 Å². The molecule has 4 aliphatic carbocycles. The largest absolute Gasteiger partial charge is 0.481 e. The number of unbranched alkanes of at least 4 members (excludes halogenated alkanes) is 4. The molecule has 0 radical (unpaired) electrons. The first-order chi connectivity index (χ1) is 19.0. The van der Waals surface area contributed by atoms with E-state index in [1.54, 1.807) is 5.57 Å². The Hall–Kier alpha value is -1.32. The molecule has 3 saturated carbocycles. The maximum atomic E-state index is 12.6. The lowest BCUT2D eigenvalue weighted by atomic mass is 9.47. The lowest BCUT2D eigenvalue weighted by Crippen LogP contribution is -2.51. The van der Waals surface area contributed by atoms with Crippen molar-refractivity contribution in [2.24, 2.45) is 46.3 Å². The molecule has 8 unspecified atom stereocenters. The summed E-state index contributed by atoms with van der Waals surface area (Å²) in [5.74, 6) is 4.36. The Labute approximate surface area is 245 Å². The van der Waals surface area contributed by atoms with Crippen LogP contribution >= 0.6 is 0 Å². The van der Waals surface area contributed by atoms with Crippen LogP contribution in [0.5, 0.6) is 0 Å². The van der Waals surface area contributed by atoms with Crippen molar-refractivity contribution in [2.45, 2.75) is 156 Å². The van der Waals surface area contributed by atoms with Gasteiger partial charge in [-0.05, 0) is 104 Å². The summed E-state index contributed by atoms with van der Waals surface area (Å²) in [6.45, 7) is 12.5. The number of aliphatic carboxylic acids is 1. The average molecular weight is 557 g/mol. The van der Waals surface area contributed by atoms with Crippen molar-refractivity contribution < 1.29 is 19.4 Å². The predicted molar refractivity (Wildman–Crippen MR) is 163 cm³/mol. The molecule has 4 heteroatoms. The number of hydrogen-bond donors (Lipinski definition) is 1. The zero-order chi connectivity index (χ0) is 28.9. The van der Waals surface area contributed by atoms with Gasteiger partial charge in [0, 0.05) is 19.3 Å². The fourth-order valence-corrected chi connectivity index (χ4v) is 10.1. The molecule has 0 heterocycles. The van der Waals surface area contributed by atoms with Crippen molar-refractivity contribution in [1.82, 2.24) is 0 Å². The fourth-order valence-electron chi connectivity index (χ4n) is 10.1. The molecule has 0 aromatic carbocycles. The van der Waals surface area contributed by atoms with Crippen LogP contribution in [0.2, 0.25) is 0 Å². The van der Waals surface area contributed by atoms with Crippen molar-refractivity contribution in [3.8, 4) is 0 Å². The number of hydrogen-bond acceptors (Lipinski definition) is 3. The smallest absolute Gasteiger partial charge is 0.306 e. The van der Waals surface area contributed by atoms with Crippen LogP contribution in [0.4, 0.5) is 0 Å². The molecule has 0 aromatic rings. The summed E-state index contributed by atoms with van der Waals surface area (Å²) in [6.07, 6.45) is 22.1. The van der Waals surface area contributed by atoms with E-state index in [1.807, 2.05) is 0 Å². The van der Waals surface area contributed by atoms with Gasteiger partial charge in [0.05, 0.1) is 0 Å². The van der Waals surface area contributed by atoms with Crippen LogP contribution in [0, 0.1) is 46.3 Å². The third-order valence-corrected chi connectivity index (χ3v) is 12.3. The van der Waals surface area contributed by atoms with Crippen LogP contribution in [0.1, 0.15) is 150 Å². The van der Waals surface area contributed by atoms with Crippen molar-refractivity contribution in [3.63, 3.8) is 0 Å². The van der Waals surface area contributed by atoms with Crippen molar-refractivity contribution >= 4 is 11.9 Å². The molecule has 4 rings (SSSR count). The van der Waals surface area contributed by atoms with Gasteiger partial charge in [0.25, 0.3) is 0 Å². The lowest BCUT2D eigenvalue weighted by Gasteiger charge is -2.58. The molecule has 1 N–H and O–H groups in total. The number of esters is 1. The summed E-state index contributed by atoms with van der Waals surface area (Å²) >= 11 is 0. The van der Waals surface area contributed by atoms with Crippen molar-refractivity contribution in [3.05, 3.63) is 11.6 Å². The summed E-state index contributed by atoms with van der Waals surface area (Å²) in [4.78, 5) is 23.2. The Morgan fingerprint density at radius 1 is 0.900 bits per heavy atom. The molecule has 8 atom stereocenters. The van der Waals surface area contributed by atoms with Crippen molar-refractivity contribution in [2.75, 3.05) is 0 Å². The van der Waals surface area contributed by atoms with Crippen LogP contribution in [-0.4, -0.2) is 23.1 Å². The zero-order valence-electron chi connectivity index (χ0n) is 26.5. The Bertz CT molecular complexity index is 891. The van der Waals surface area contributed by atoms with Gasteiger partial charge in [0.15, 0.2) is 0 Å². The minimum absolute atomic E-state index is 0.0404. The highest BCUT2D eigenvalue weighted by atomic mass is 16.5. The van der Waals surface area contributed by atoms with Gasteiger partial charge in [0.2, 0.25) is 0 Å². The van der Waals surface area contributed by atoms with Gasteiger partial charge in [0.1, 0.15) is 6.10 Å². The number of carbonyl (C=O) groups is 2. The highest BCUT2D eigenvalue weighted by Crippen LogP contribution is 2.67. The molecule has 228 valence electrons. The van der Waals surface area contributed by atoms with E-state index in [2.05, 4.69) is 40.7 Å². The van der Waals surface area contributed by atoms with Gasteiger partial charge < -0.3 is 9.84 Å². The summed E-state index contributed by atoms with van der Waals surface area (Å²) in [5.41, 5.74) is 2.42. The van der Waals surface area contributed by atoms with Crippen LogP contribution in [-0.2, 0) is 14.3 Å². The maximum absolute atomic E-state index is 12.6. The third-order valence-electron chi connectivity index (χ3n) is 12.3. The van der Waals surface area contributed by atoms with Gasteiger partial charge in [-0.25, -0.2) is 0 Å². The monoisotopic (exact) mass is 556 g/mol. The molecular weight excluding hydrogens is 496 g/mol. The maximum Gasteiger partial charge on any atom is 0.306 e. The molecule has 0 bridgehead atoms. The second-order valence-corrected chi connectivity index (χ2v) is 15.3. The minimum Gasteiger partial charge on any atom is -0.481 e. The summed E-state index contributed by atoms with van der Waals surface area (Å²) in [5, 5.41) is 8.74. The van der Waals surface area contributed by atoms with E-state index in [9.17, 15) is 9.59 Å². The van der Waals surface area contributed by atoms with Crippen LogP contribution in [0.25, 0.3) is 0 Å². The Morgan fingerprint density at radius 2 is 1.62 bits per heavy atom. The number of carboxylic acids is 1. The highest BCUT2D eigenvalue weighted by molar-refractivity contribution is 5.69. The number of rotatable bonds is 14. The molecule has 0 aliphatic heterocycles.